The number of fused-ring (bicyclic) bond motifs is 8. The molecule has 1 aromatic carbocycles. The van der Waals surface area contributed by atoms with Crippen LogP contribution in [-0.2, 0) is 0 Å². The van der Waals surface area contributed by atoms with Gasteiger partial charge in [0.15, 0.2) is 0 Å². The molecular formula is C18H20. The zero-order valence-electron chi connectivity index (χ0n) is 10.9. The van der Waals surface area contributed by atoms with E-state index >= 15 is 0 Å². The second-order valence-corrected chi connectivity index (χ2v) is 7.06. The van der Waals surface area contributed by atoms with E-state index in [2.05, 4.69) is 43.3 Å². The molecular weight excluding hydrogens is 216 g/mol. The molecule has 7 atom stereocenters. The molecule has 0 aromatic heterocycles. The molecule has 92 valence electrons. The van der Waals surface area contributed by atoms with Gasteiger partial charge in [0.1, 0.15) is 0 Å². The maximum Gasteiger partial charge on any atom is -0.00937 e. The first kappa shape index (κ1) is 9.83. The third-order valence-electron chi connectivity index (χ3n) is 6.43. The van der Waals surface area contributed by atoms with Crippen LogP contribution in [0.3, 0.4) is 0 Å². The standard InChI is InChI=1S/C18H20/c1-10-5-7-11(8-6-10)16-17-14-9-15(18(16)17)13-4-2-3-12(13)14/h2-3,5-8,12-18H,4,9H2,1H3/t12-,13+,14+,15-,16-,17-,18+/m1/s1. The van der Waals surface area contributed by atoms with Crippen molar-refractivity contribution in [2.45, 2.75) is 25.7 Å². The van der Waals surface area contributed by atoms with E-state index in [1.165, 1.54) is 12.0 Å². The molecule has 18 heavy (non-hydrogen) atoms. The number of hydrogen-bond donors (Lipinski definition) is 0. The molecule has 5 rings (SSSR count). The van der Waals surface area contributed by atoms with Gasteiger partial charge in [0.05, 0.1) is 0 Å². The monoisotopic (exact) mass is 236 g/mol. The van der Waals surface area contributed by atoms with Gasteiger partial charge < -0.3 is 0 Å². The first-order valence-corrected chi connectivity index (χ1v) is 7.58. The minimum Gasteiger partial charge on any atom is -0.0879 e. The Morgan fingerprint density at radius 2 is 1.72 bits per heavy atom. The minimum absolute atomic E-state index is 0.924. The van der Waals surface area contributed by atoms with Crippen LogP contribution in [-0.4, -0.2) is 0 Å². The molecule has 0 heterocycles. The van der Waals surface area contributed by atoms with Gasteiger partial charge in [0.2, 0.25) is 0 Å². The summed E-state index contributed by atoms with van der Waals surface area (Å²) in [5.74, 6) is 7.12. The zero-order valence-corrected chi connectivity index (χ0v) is 10.9. The summed E-state index contributed by atoms with van der Waals surface area (Å²) in [5.41, 5.74) is 3.03. The molecule has 0 aliphatic heterocycles. The van der Waals surface area contributed by atoms with Crippen LogP contribution in [0.5, 0.6) is 0 Å². The van der Waals surface area contributed by atoms with Gasteiger partial charge in [-0.1, -0.05) is 42.0 Å². The Morgan fingerprint density at radius 1 is 0.944 bits per heavy atom. The van der Waals surface area contributed by atoms with Crippen molar-refractivity contribution in [3.63, 3.8) is 0 Å². The Kier molecular flexibility index (Phi) is 1.69. The molecule has 0 amide bonds. The Balaban J connectivity index is 1.48. The summed E-state index contributed by atoms with van der Waals surface area (Å²) in [6.45, 7) is 2.19. The van der Waals surface area contributed by atoms with Gasteiger partial charge in [-0.3, -0.25) is 0 Å². The molecule has 0 spiro atoms. The van der Waals surface area contributed by atoms with Crippen LogP contribution < -0.4 is 0 Å². The van der Waals surface area contributed by atoms with Crippen molar-refractivity contribution in [3.05, 3.63) is 47.5 Å². The van der Waals surface area contributed by atoms with Crippen LogP contribution in [0.25, 0.3) is 0 Å². The SMILES string of the molecule is Cc1ccc([C@@H]2[C@H]3[C@H]4C[C@H]([C@H]5CC=C[C@H]54)[C@@H]23)cc1. The molecule has 0 radical (unpaired) electrons. The van der Waals surface area contributed by atoms with Gasteiger partial charge in [-0.25, -0.2) is 0 Å². The zero-order chi connectivity index (χ0) is 11.9. The van der Waals surface area contributed by atoms with Crippen molar-refractivity contribution >= 4 is 0 Å². The molecule has 4 aliphatic carbocycles. The lowest BCUT2D eigenvalue weighted by Crippen LogP contribution is -2.18. The molecule has 2 bridgehead atoms. The number of allylic oxidation sites excluding steroid dienone is 2. The Morgan fingerprint density at radius 3 is 2.56 bits per heavy atom. The fourth-order valence-corrected chi connectivity index (χ4v) is 5.81. The average Bonchev–Trinajstić information content (AvgIpc) is 2.76. The van der Waals surface area contributed by atoms with Crippen molar-refractivity contribution < 1.29 is 0 Å². The predicted octanol–water partition coefficient (Wildman–Crippen LogP) is 4.17. The lowest BCUT2D eigenvalue weighted by Gasteiger charge is -2.22. The highest BCUT2D eigenvalue weighted by atomic mass is 14.7. The second kappa shape index (κ2) is 3.10. The molecule has 0 heteroatoms. The summed E-state index contributed by atoms with van der Waals surface area (Å²) in [5, 5.41) is 0. The lowest BCUT2D eigenvalue weighted by atomic mass is 9.82. The van der Waals surface area contributed by atoms with E-state index < -0.39 is 0 Å². The molecule has 0 nitrogen and oxygen atoms in total. The van der Waals surface area contributed by atoms with E-state index in [-0.39, 0.29) is 0 Å². The predicted molar refractivity (Wildman–Crippen MR) is 73.2 cm³/mol. The molecule has 3 saturated carbocycles. The van der Waals surface area contributed by atoms with Gasteiger partial charge in [-0.2, -0.15) is 0 Å². The minimum atomic E-state index is 0.924. The van der Waals surface area contributed by atoms with Crippen LogP contribution in [0.4, 0.5) is 0 Å². The maximum atomic E-state index is 2.55. The maximum absolute atomic E-state index is 2.55. The fourth-order valence-electron chi connectivity index (χ4n) is 5.81. The number of benzene rings is 1. The van der Waals surface area contributed by atoms with E-state index in [4.69, 9.17) is 0 Å². The average molecular weight is 236 g/mol. The quantitative estimate of drug-likeness (QED) is 0.642. The van der Waals surface area contributed by atoms with Crippen molar-refractivity contribution in [1.29, 1.82) is 0 Å². The molecule has 3 fully saturated rings. The van der Waals surface area contributed by atoms with Crippen LogP contribution in [0.15, 0.2) is 36.4 Å². The second-order valence-electron chi connectivity index (χ2n) is 7.06. The highest BCUT2D eigenvalue weighted by Gasteiger charge is 2.70. The first-order valence-electron chi connectivity index (χ1n) is 7.58. The van der Waals surface area contributed by atoms with E-state index in [0.29, 0.717) is 0 Å². The topological polar surface area (TPSA) is 0 Å². The third kappa shape index (κ3) is 1.04. The summed E-state index contributed by atoms with van der Waals surface area (Å²) in [7, 11) is 0. The number of hydrogen-bond acceptors (Lipinski definition) is 0. The van der Waals surface area contributed by atoms with Gasteiger partial charge in [0, 0.05) is 0 Å². The van der Waals surface area contributed by atoms with Crippen LogP contribution in [0, 0.1) is 42.4 Å². The van der Waals surface area contributed by atoms with Gasteiger partial charge in [0.25, 0.3) is 0 Å². The highest BCUT2D eigenvalue weighted by Crippen LogP contribution is 2.77. The number of aryl methyl sites for hydroxylation is 1. The Labute approximate surface area is 109 Å². The van der Waals surface area contributed by atoms with E-state index in [0.717, 1.165) is 41.4 Å². The van der Waals surface area contributed by atoms with E-state index in [9.17, 15) is 0 Å². The molecule has 0 N–H and O–H groups in total. The molecule has 0 unspecified atom stereocenters. The normalized spacial score (nSPS) is 50.4. The Hall–Kier alpha value is -1.04. The van der Waals surface area contributed by atoms with Gasteiger partial charge >= 0.3 is 0 Å². The first-order chi connectivity index (χ1) is 8.84. The molecule has 1 aromatic rings. The van der Waals surface area contributed by atoms with Crippen molar-refractivity contribution in [2.24, 2.45) is 35.5 Å². The summed E-state index contributed by atoms with van der Waals surface area (Å²) in [4.78, 5) is 0. The summed E-state index contributed by atoms with van der Waals surface area (Å²) in [6, 6.07) is 9.38. The summed E-state index contributed by atoms with van der Waals surface area (Å²) < 4.78 is 0. The molecule has 4 aliphatic rings. The highest BCUT2D eigenvalue weighted by molar-refractivity contribution is 5.36. The Bertz CT molecular complexity index is 523. The number of rotatable bonds is 1. The largest absolute Gasteiger partial charge is 0.0879 e. The summed E-state index contributed by atoms with van der Waals surface area (Å²) in [6.07, 6.45) is 7.95. The van der Waals surface area contributed by atoms with Gasteiger partial charge in [-0.05, 0) is 66.8 Å². The van der Waals surface area contributed by atoms with Crippen molar-refractivity contribution in [2.75, 3.05) is 0 Å². The van der Waals surface area contributed by atoms with Crippen molar-refractivity contribution in [1.82, 2.24) is 0 Å². The van der Waals surface area contributed by atoms with Crippen LogP contribution >= 0.6 is 0 Å². The molecule has 0 saturated heterocycles. The van der Waals surface area contributed by atoms with Crippen molar-refractivity contribution in [3.8, 4) is 0 Å². The third-order valence-corrected chi connectivity index (χ3v) is 6.43. The lowest BCUT2D eigenvalue weighted by molar-refractivity contribution is 0.272. The van der Waals surface area contributed by atoms with Crippen LogP contribution in [0.1, 0.15) is 29.9 Å². The van der Waals surface area contributed by atoms with E-state index in [1.54, 1.807) is 12.0 Å². The smallest absolute Gasteiger partial charge is 0.00937 e. The van der Waals surface area contributed by atoms with Crippen LogP contribution in [0.2, 0.25) is 0 Å². The summed E-state index contributed by atoms with van der Waals surface area (Å²) >= 11 is 0. The fraction of sp³-hybridized carbons (Fsp3) is 0.556. The van der Waals surface area contributed by atoms with E-state index in [1.807, 2.05) is 0 Å². The van der Waals surface area contributed by atoms with Gasteiger partial charge in [-0.15, -0.1) is 0 Å².